The smallest absolute Gasteiger partial charge is 0.280 e. The highest BCUT2D eigenvalue weighted by molar-refractivity contribution is 5.70. The number of nitrogens with one attached hydrogen (secondary N) is 1. The number of nitrogen functional groups attached to an aromatic ring is 1. The van der Waals surface area contributed by atoms with Crippen molar-refractivity contribution in [3.8, 4) is 0 Å². The number of nitrogens with two attached hydrogens (primary N) is 1. The number of hydrogen-bond donors (Lipinski definition) is 3. The van der Waals surface area contributed by atoms with E-state index < -0.39 is 35.4 Å². The van der Waals surface area contributed by atoms with Gasteiger partial charge in [-0.3, -0.25) is 14.3 Å². The molecule has 2 aliphatic heterocycles. The zero-order valence-electron chi connectivity index (χ0n) is 13.5. The number of ether oxygens (including phenoxy) is 3. The summed E-state index contributed by atoms with van der Waals surface area (Å²) in [6, 6.07) is 0. The van der Waals surface area contributed by atoms with Crippen LogP contribution in [-0.2, 0) is 14.2 Å². The van der Waals surface area contributed by atoms with E-state index in [0.717, 1.165) is 0 Å². The van der Waals surface area contributed by atoms with Gasteiger partial charge in [0, 0.05) is 0 Å². The van der Waals surface area contributed by atoms with Crippen LogP contribution in [0.2, 0.25) is 0 Å². The van der Waals surface area contributed by atoms with Crippen LogP contribution in [0.5, 0.6) is 0 Å². The lowest BCUT2D eigenvalue weighted by atomic mass is 9.96. The topological polar surface area (TPSA) is 138 Å². The molecule has 0 saturated carbocycles. The molecule has 2 fully saturated rings. The highest BCUT2D eigenvalue weighted by Crippen LogP contribution is 2.51. The summed E-state index contributed by atoms with van der Waals surface area (Å²) in [5.74, 6) is -0.841. The fourth-order valence-corrected chi connectivity index (χ4v) is 3.64. The lowest BCUT2D eigenvalue weighted by Gasteiger charge is -2.30. The molecule has 4 heterocycles. The van der Waals surface area contributed by atoms with Crippen LogP contribution in [0.4, 0.5) is 5.95 Å². The molecule has 4 rings (SSSR count). The maximum absolute atomic E-state index is 12.0. The molecule has 130 valence electrons. The summed E-state index contributed by atoms with van der Waals surface area (Å²) in [5.41, 5.74) is 4.76. The Kier molecular flexibility index (Phi) is 3.08. The van der Waals surface area contributed by atoms with Gasteiger partial charge in [-0.05, 0) is 20.8 Å². The predicted molar refractivity (Wildman–Crippen MR) is 82.0 cm³/mol. The van der Waals surface area contributed by atoms with E-state index in [1.807, 2.05) is 6.92 Å². The van der Waals surface area contributed by atoms with Gasteiger partial charge < -0.3 is 25.1 Å². The Bertz CT molecular complexity index is 861. The number of rotatable bonds is 2. The summed E-state index contributed by atoms with van der Waals surface area (Å²) < 4.78 is 19.5. The van der Waals surface area contributed by atoms with Gasteiger partial charge in [-0.15, -0.1) is 0 Å². The van der Waals surface area contributed by atoms with E-state index in [2.05, 4.69) is 15.0 Å². The van der Waals surface area contributed by atoms with Crippen LogP contribution in [-0.4, -0.2) is 54.8 Å². The minimum atomic E-state index is -0.885. The standard InChI is InChI=1S/C14H19N5O5/c1-13(2)23-8-6(4-20)22-11(14(8,3)24-13)19-5-16-7-9(19)17-12(15)18-10(7)21/h5-6,8,11,20H,4H2,1-3H3,(H3,15,17,18,21)/t6-,8-,11-,14-/m1/s1. The van der Waals surface area contributed by atoms with Crippen LogP contribution >= 0.6 is 0 Å². The molecule has 0 aliphatic carbocycles. The Morgan fingerprint density at radius 1 is 1.46 bits per heavy atom. The Labute approximate surface area is 136 Å². The Hall–Kier alpha value is -2.01. The molecule has 24 heavy (non-hydrogen) atoms. The van der Waals surface area contributed by atoms with Crippen LogP contribution in [0.25, 0.3) is 11.2 Å². The van der Waals surface area contributed by atoms with Gasteiger partial charge >= 0.3 is 0 Å². The molecule has 0 bridgehead atoms. The fraction of sp³-hybridized carbons (Fsp3) is 0.643. The monoisotopic (exact) mass is 337 g/mol. The van der Waals surface area contributed by atoms with E-state index >= 15 is 0 Å². The number of aliphatic hydroxyl groups excluding tert-OH is 1. The van der Waals surface area contributed by atoms with E-state index in [9.17, 15) is 9.90 Å². The number of imidazole rings is 1. The molecule has 10 heteroatoms. The highest BCUT2D eigenvalue weighted by Gasteiger charge is 2.64. The van der Waals surface area contributed by atoms with Crippen molar-refractivity contribution >= 4 is 17.1 Å². The van der Waals surface area contributed by atoms with Crippen molar-refractivity contribution in [2.24, 2.45) is 0 Å². The molecule has 2 aromatic heterocycles. The molecule has 4 N–H and O–H groups in total. The lowest BCUT2D eigenvalue weighted by Crippen LogP contribution is -2.42. The van der Waals surface area contributed by atoms with Crippen molar-refractivity contribution < 1.29 is 19.3 Å². The first kappa shape index (κ1) is 15.5. The zero-order chi connectivity index (χ0) is 17.3. The fourth-order valence-electron chi connectivity index (χ4n) is 3.64. The molecule has 4 atom stereocenters. The second-order valence-electron chi connectivity index (χ2n) is 6.71. The lowest BCUT2D eigenvalue weighted by molar-refractivity contribution is -0.217. The first-order valence-corrected chi connectivity index (χ1v) is 7.62. The van der Waals surface area contributed by atoms with Crippen molar-refractivity contribution in [3.05, 3.63) is 16.7 Å². The van der Waals surface area contributed by atoms with Crippen molar-refractivity contribution in [1.29, 1.82) is 0 Å². The Morgan fingerprint density at radius 3 is 2.92 bits per heavy atom. The average molecular weight is 337 g/mol. The molecular weight excluding hydrogens is 318 g/mol. The van der Waals surface area contributed by atoms with Crippen LogP contribution in [0.15, 0.2) is 11.1 Å². The first-order chi connectivity index (χ1) is 11.2. The van der Waals surface area contributed by atoms with Gasteiger partial charge in [0.15, 0.2) is 23.2 Å². The summed E-state index contributed by atoms with van der Waals surface area (Å²) in [7, 11) is 0. The van der Waals surface area contributed by atoms with Gasteiger partial charge in [0.2, 0.25) is 5.95 Å². The van der Waals surface area contributed by atoms with E-state index in [0.29, 0.717) is 0 Å². The number of aliphatic hydroxyl groups is 1. The van der Waals surface area contributed by atoms with Gasteiger partial charge in [0.1, 0.15) is 17.8 Å². The maximum Gasteiger partial charge on any atom is 0.280 e. The minimum absolute atomic E-state index is 0.0171. The summed E-state index contributed by atoms with van der Waals surface area (Å²) in [4.78, 5) is 22.6. The highest BCUT2D eigenvalue weighted by atomic mass is 16.8. The molecule has 10 nitrogen and oxygen atoms in total. The molecule has 2 saturated heterocycles. The normalized spacial score (nSPS) is 34.8. The van der Waals surface area contributed by atoms with Gasteiger partial charge in [0.05, 0.1) is 12.9 Å². The predicted octanol–water partition coefficient (Wildman–Crippen LogP) is -0.498. The number of hydrogen-bond acceptors (Lipinski definition) is 8. The van der Waals surface area contributed by atoms with Gasteiger partial charge in [-0.2, -0.15) is 4.98 Å². The van der Waals surface area contributed by atoms with Crippen molar-refractivity contribution in [1.82, 2.24) is 19.5 Å². The van der Waals surface area contributed by atoms with Crippen molar-refractivity contribution in [3.63, 3.8) is 0 Å². The number of H-pyrrole nitrogens is 1. The molecule has 2 aliphatic rings. The van der Waals surface area contributed by atoms with E-state index in [-0.39, 0.29) is 23.7 Å². The average Bonchev–Trinajstić information content (AvgIpc) is 3.06. The maximum atomic E-state index is 12.0. The van der Waals surface area contributed by atoms with Gasteiger partial charge in [-0.25, -0.2) is 4.98 Å². The van der Waals surface area contributed by atoms with Crippen LogP contribution in [0, 0.1) is 0 Å². The van der Waals surface area contributed by atoms with Crippen molar-refractivity contribution in [2.75, 3.05) is 12.3 Å². The molecule has 0 aromatic carbocycles. The Morgan fingerprint density at radius 2 is 2.21 bits per heavy atom. The molecular formula is C14H19N5O5. The SMILES string of the molecule is CC1(C)O[C@@H]2[C@@H](CO)O[C@@H](n3cnc4c(=O)[nH]c(N)nc43)[C@]2(C)O1. The van der Waals surface area contributed by atoms with Crippen molar-refractivity contribution in [2.45, 2.75) is 50.6 Å². The van der Waals surface area contributed by atoms with E-state index in [1.54, 1.807) is 18.4 Å². The van der Waals surface area contributed by atoms with E-state index in [1.165, 1.54) is 6.33 Å². The summed E-state index contributed by atoms with van der Waals surface area (Å²) in [6.45, 7) is 5.22. The second-order valence-corrected chi connectivity index (χ2v) is 6.71. The first-order valence-electron chi connectivity index (χ1n) is 7.62. The molecule has 0 radical (unpaired) electrons. The number of aromatic nitrogens is 4. The third-order valence-corrected chi connectivity index (χ3v) is 4.46. The molecule has 2 aromatic rings. The third kappa shape index (κ3) is 2.00. The second kappa shape index (κ2) is 4.76. The number of nitrogens with zero attached hydrogens (tertiary/aromatic N) is 3. The summed E-state index contributed by atoms with van der Waals surface area (Å²) in [5, 5.41) is 9.64. The minimum Gasteiger partial charge on any atom is -0.394 e. The number of fused-ring (bicyclic) bond motifs is 2. The molecule has 0 unspecified atom stereocenters. The molecule has 0 spiro atoms. The van der Waals surface area contributed by atoms with E-state index in [4.69, 9.17) is 19.9 Å². The Balaban J connectivity index is 1.86. The quantitative estimate of drug-likeness (QED) is 0.667. The van der Waals surface area contributed by atoms with Gasteiger partial charge in [0.25, 0.3) is 5.56 Å². The van der Waals surface area contributed by atoms with Crippen LogP contribution in [0.1, 0.15) is 27.0 Å². The third-order valence-electron chi connectivity index (χ3n) is 4.46. The number of aromatic amines is 1. The summed E-state index contributed by atoms with van der Waals surface area (Å²) in [6.07, 6.45) is -0.272. The van der Waals surface area contributed by atoms with Crippen LogP contribution in [0.3, 0.4) is 0 Å². The van der Waals surface area contributed by atoms with Crippen LogP contribution < -0.4 is 11.3 Å². The van der Waals surface area contributed by atoms with Gasteiger partial charge in [-0.1, -0.05) is 0 Å². The summed E-state index contributed by atoms with van der Waals surface area (Å²) >= 11 is 0. The zero-order valence-corrected chi connectivity index (χ0v) is 13.5. The number of anilines is 1. The largest absolute Gasteiger partial charge is 0.394 e. The molecule has 0 amide bonds.